The first-order valence-corrected chi connectivity index (χ1v) is 10.8. The second kappa shape index (κ2) is 10.6. The van der Waals surface area contributed by atoms with E-state index in [0.717, 1.165) is 11.1 Å². The number of anilines is 2. The van der Waals surface area contributed by atoms with Gasteiger partial charge in [-0.15, -0.1) is 0 Å². The van der Waals surface area contributed by atoms with Gasteiger partial charge < -0.3 is 31.6 Å². The van der Waals surface area contributed by atoms with Crippen molar-refractivity contribution >= 4 is 28.8 Å². The highest BCUT2D eigenvalue weighted by molar-refractivity contribution is 5.94. The number of hydrogen-bond acceptors (Lipinski definition) is 10. The molecule has 0 spiro atoms. The maximum Gasteiger partial charge on any atom is 0.251 e. The fourth-order valence-electron chi connectivity index (χ4n) is 3.45. The number of aromatic nitrogens is 4. The summed E-state index contributed by atoms with van der Waals surface area (Å²) in [6, 6.07) is 12.9. The molecular formula is C24H26N8O3. The van der Waals surface area contributed by atoms with Crippen molar-refractivity contribution in [1.82, 2.24) is 30.6 Å². The number of benzene rings is 2. The van der Waals surface area contributed by atoms with Crippen LogP contribution >= 0.6 is 0 Å². The maximum atomic E-state index is 12.5. The molecule has 0 aliphatic carbocycles. The van der Waals surface area contributed by atoms with Gasteiger partial charge in [-0.3, -0.25) is 4.79 Å². The average molecular weight is 475 g/mol. The molecule has 0 bridgehead atoms. The van der Waals surface area contributed by atoms with Crippen LogP contribution in [0.1, 0.15) is 27.2 Å². The fourth-order valence-corrected chi connectivity index (χ4v) is 3.45. The quantitative estimate of drug-likeness (QED) is 0.281. The molecule has 4 rings (SSSR count). The molecule has 11 nitrogen and oxygen atoms in total. The summed E-state index contributed by atoms with van der Waals surface area (Å²) in [5.41, 5.74) is 15.4. The maximum absolute atomic E-state index is 12.5. The number of nitrogens with one attached hydrogen (secondary N) is 2. The first kappa shape index (κ1) is 23.6. The molecule has 2 heterocycles. The average Bonchev–Trinajstić information content (AvgIpc) is 2.87. The summed E-state index contributed by atoms with van der Waals surface area (Å²) in [7, 11) is 3.16. The largest absolute Gasteiger partial charge is 0.493 e. The van der Waals surface area contributed by atoms with Crippen LogP contribution in [0.2, 0.25) is 0 Å². The molecule has 0 saturated carbocycles. The van der Waals surface area contributed by atoms with Gasteiger partial charge in [0.25, 0.3) is 5.91 Å². The van der Waals surface area contributed by atoms with Gasteiger partial charge in [-0.2, -0.15) is 9.97 Å². The number of fused-ring (bicyclic) bond motifs is 1. The zero-order valence-corrected chi connectivity index (χ0v) is 19.4. The predicted octanol–water partition coefficient (Wildman–Crippen LogP) is 1.82. The van der Waals surface area contributed by atoms with Gasteiger partial charge in [-0.1, -0.05) is 18.2 Å². The third-order valence-electron chi connectivity index (χ3n) is 5.25. The topological polar surface area (TPSA) is 163 Å². The molecule has 0 radical (unpaired) electrons. The minimum atomic E-state index is -0.161. The summed E-state index contributed by atoms with van der Waals surface area (Å²) >= 11 is 0. The molecule has 180 valence electrons. The van der Waals surface area contributed by atoms with Gasteiger partial charge in [0, 0.05) is 25.2 Å². The van der Waals surface area contributed by atoms with E-state index in [4.69, 9.17) is 20.9 Å². The highest BCUT2D eigenvalue weighted by atomic mass is 16.5. The lowest BCUT2D eigenvalue weighted by molar-refractivity contribution is 0.0951. The van der Waals surface area contributed by atoms with Crippen molar-refractivity contribution in [1.29, 1.82) is 0 Å². The number of ether oxygens (including phenoxy) is 2. The summed E-state index contributed by atoms with van der Waals surface area (Å²) in [6.07, 6.45) is 1.62. The molecular weight excluding hydrogens is 448 g/mol. The molecule has 0 aliphatic rings. The number of amides is 1. The molecule has 2 aromatic heterocycles. The first-order chi connectivity index (χ1) is 17.0. The smallest absolute Gasteiger partial charge is 0.251 e. The van der Waals surface area contributed by atoms with Crippen LogP contribution in [0.4, 0.5) is 11.8 Å². The number of carbonyl (C=O) groups is 1. The van der Waals surface area contributed by atoms with Gasteiger partial charge in [0.2, 0.25) is 5.95 Å². The van der Waals surface area contributed by atoms with Crippen LogP contribution in [0.15, 0.2) is 48.7 Å². The van der Waals surface area contributed by atoms with Crippen molar-refractivity contribution in [3.8, 4) is 11.5 Å². The van der Waals surface area contributed by atoms with Gasteiger partial charge in [-0.05, 0) is 35.4 Å². The number of nitrogens with two attached hydrogens (primary N) is 2. The fraction of sp³-hybridized carbons (Fsp3) is 0.208. The minimum absolute atomic E-state index is 0.0632. The number of rotatable bonds is 9. The molecule has 1 amide bonds. The Balaban J connectivity index is 1.29. The van der Waals surface area contributed by atoms with E-state index >= 15 is 0 Å². The molecule has 0 fully saturated rings. The Kier molecular flexibility index (Phi) is 7.17. The van der Waals surface area contributed by atoms with E-state index in [2.05, 4.69) is 30.6 Å². The number of carbonyl (C=O) groups excluding carboxylic acids is 1. The Morgan fingerprint density at radius 1 is 0.886 bits per heavy atom. The van der Waals surface area contributed by atoms with Gasteiger partial charge in [-0.25, -0.2) is 9.97 Å². The Morgan fingerprint density at radius 2 is 1.63 bits per heavy atom. The number of methoxy groups -OCH3 is 2. The highest BCUT2D eigenvalue weighted by Gasteiger charge is 2.09. The summed E-state index contributed by atoms with van der Waals surface area (Å²) in [5.74, 6) is 1.36. The SMILES string of the molecule is COc1ccc(CNC(=O)c2ccc(CNCc3cnc4nc(N)nc(N)c4n3)cc2)cc1OC. The molecule has 0 unspecified atom stereocenters. The van der Waals surface area contributed by atoms with Crippen LogP contribution in [0.3, 0.4) is 0 Å². The van der Waals surface area contributed by atoms with E-state index in [-0.39, 0.29) is 17.7 Å². The van der Waals surface area contributed by atoms with Gasteiger partial charge in [0.15, 0.2) is 28.5 Å². The second-order valence-electron chi connectivity index (χ2n) is 7.67. The first-order valence-electron chi connectivity index (χ1n) is 10.8. The molecule has 11 heteroatoms. The Morgan fingerprint density at radius 3 is 2.37 bits per heavy atom. The predicted molar refractivity (Wildman–Crippen MR) is 132 cm³/mol. The van der Waals surface area contributed by atoms with Crippen LogP contribution in [0.5, 0.6) is 11.5 Å². The van der Waals surface area contributed by atoms with Gasteiger partial charge in [0.05, 0.1) is 26.1 Å². The minimum Gasteiger partial charge on any atom is -0.493 e. The van der Waals surface area contributed by atoms with Gasteiger partial charge in [0.1, 0.15) is 0 Å². The van der Waals surface area contributed by atoms with Crippen molar-refractivity contribution < 1.29 is 14.3 Å². The molecule has 35 heavy (non-hydrogen) atoms. The van der Waals surface area contributed by atoms with Crippen molar-refractivity contribution in [2.45, 2.75) is 19.6 Å². The Hall–Kier alpha value is -4.51. The van der Waals surface area contributed by atoms with Crippen LogP contribution in [0.25, 0.3) is 11.2 Å². The van der Waals surface area contributed by atoms with Crippen molar-refractivity contribution in [3.05, 3.63) is 71.0 Å². The van der Waals surface area contributed by atoms with E-state index in [1.807, 2.05) is 30.3 Å². The van der Waals surface area contributed by atoms with Crippen molar-refractivity contribution in [2.75, 3.05) is 25.7 Å². The molecule has 0 atom stereocenters. The monoisotopic (exact) mass is 474 g/mol. The number of hydrogen-bond donors (Lipinski definition) is 4. The third-order valence-corrected chi connectivity index (χ3v) is 5.25. The molecule has 0 saturated heterocycles. The highest BCUT2D eigenvalue weighted by Crippen LogP contribution is 2.27. The van der Waals surface area contributed by atoms with Crippen LogP contribution < -0.4 is 31.6 Å². The third kappa shape index (κ3) is 5.71. The lowest BCUT2D eigenvalue weighted by Crippen LogP contribution is -2.22. The lowest BCUT2D eigenvalue weighted by Gasteiger charge is -2.11. The van der Waals surface area contributed by atoms with E-state index in [9.17, 15) is 4.79 Å². The van der Waals surface area contributed by atoms with Crippen molar-refractivity contribution in [2.24, 2.45) is 0 Å². The normalized spacial score (nSPS) is 10.8. The standard InChI is InChI=1S/C24H26N8O3/c1-34-18-8-5-15(9-19(18)35-2)11-29-23(33)16-6-3-14(4-7-16)10-27-12-17-13-28-22-20(30-17)21(25)31-24(26)32-22/h3-9,13,27H,10-12H2,1-2H3,(H,29,33)(H4,25,26,28,31,32). The number of nitrogens with zero attached hydrogens (tertiary/aromatic N) is 4. The zero-order valence-electron chi connectivity index (χ0n) is 19.4. The molecule has 0 aliphatic heterocycles. The zero-order chi connectivity index (χ0) is 24.8. The van der Waals surface area contributed by atoms with E-state index in [0.29, 0.717) is 53.6 Å². The van der Waals surface area contributed by atoms with Crippen molar-refractivity contribution in [3.63, 3.8) is 0 Å². The van der Waals surface area contributed by atoms with E-state index in [1.54, 1.807) is 32.5 Å². The van der Waals surface area contributed by atoms with Crippen LogP contribution in [-0.2, 0) is 19.6 Å². The lowest BCUT2D eigenvalue weighted by atomic mass is 10.1. The van der Waals surface area contributed by atoms with Crippen LogP contribution in [-0.4, -0.2) is 40.1 Å². The van der Waals surface area contributed by atoms with Gasteiger partial charge >= 0.3 is 0 Å². The summed E-state index contributed by atoms with van der Waals surface area (Å²) in [4.78, 5) is 29.2. The summed E-state index contributed by atoms with van der Waals surface area (Å²) in [6.45, 7) is 1.43. The van der Waals surface area contributed by atoms with Crippen LogP contribution in [0, 0.1) is 0 Å². The Bertz CT molecular complexity index is 1340. The molecule has 2 aromatic carbocycles. The van der Waals surface area contributed by atoms with E-state index < -0.39 is 0 Å². The molecule has 4 aromatic rings. The van der Waals surface area contributed by atoms with E-state index in [1.165, 1.54) is 0 Å². The number of nitrogen functional groups attached to an aromatic ring is 2. The second-order valence-corrected chi connectivity index (χ2v) is 7.67. The molecule has 6 N–H and O–H groups in total. The summed E-state index contributed by atoms with van der Waals surface area (Å²) < 4.78 is 10.5. The Labute approximate surface area is 201 Å². The summed E-state index contributed by atoms with van der Waals surface area (Å²) in [5, 5.41) is 6.21.